The van der Waals surface area contributed by atoms with Crippen LogP contribution >= 0.6 is 15.9 Å². The summed E-state index contributed by atoms with van der Waals surface area (Å²) in [5.41, 5.74) is 1.18. The van der Waals surface area contributed by atoms with Crippen LogP contribution in [0.15, 0.2) is 18.3 Å². The predicted octanol–water partition coefficient (Wildman–Crippen LogP) is 2.45. The normalized spacial score (nSPS) is 21.2. The molecule has 0 spiro atoms. The van der Waals surface area contributed by atoms with Crippen molar-refractivity contribution in [3.63, 3.8) is 0 Å². The second-order valence-electron chi connectivity index (χ2n) is 4.09. The van der Waals surface area contributed by atoms with Crippen LogP contribution in [-0.4, -0.2) is 34.9 Å². The van der Waals surface area contributed by atoms with Crippen molar-refractivity contribution in [3.05, 3.63) is 23.9 Å². The Morgan fingerprint density at radius 2 is 2.50 bits per heavy atom. The first-order valence-corrected chi connectivity index (χ1v) is 6.75. The molecule has 0 bridgehead atoms. The van der Waals surface area contributed by atoms with Crippen molar-refractivity contribution in [2.75, 3.05) is 19.0 Å². The average molecular weight is 285 g/mol. The lowest BCUT2D eigenvalue weighted by molar-refractivity contribution is 0.259. The largest absolute Gasteiger partial charge is 0.481 e. The van der Waals surface area contributed by atoms with Crippen LogP contribution in [0.1, 0.15) is 18.4 Å². The van der Waals surface area contributed by atoms with Gasteiger partial charge in [-0.3, -0.25) is 4.90 Å². The molecule has 1 aromatic rings. The molecule has 0 aliphatic carbocycles. The minimum Gasteiger partial charge on any atom is -0.481 e. The van der Waals surface area contributed by atoms with Crippen LogP contribution in [0.4, 0.5) is 0 Å². The van der Waals surface area contributed by atoms with E-state index < -0.39 is 0 Å². The molecular weight excluding hydrogens is 268 g/mol. The molecule has 1 aromatic heterocycles. The predicted molar refractivity (Wildman–Crippen MR) is 68.0 cm³/mol. The molecule has 0 saturated carbocycles. The van der Waals surface area contributed by atoms with Crippen LogP contribution in [0, 0.1) is 0 Å². The van der Waals surface area contributed by atoms with Gasteiger partial charge in [0.1, 0.15) is 0 Å². The molecule has 4 heteroatoms. The van der Waals surface area contributed by atoms with E-state index in [2.05, 4.69) is 31.9 Å². The molecule has 1 aliphatic rings. The fraction of sp³-hybridized carbons (Fsp3) is 0.583. The van der Waals surface area contributed by atoms with Crippen molar-refractivity contribution in [1.29, 1.82) is 0 Å². The number of methoxy groups -OCH3 is 1. The first-order chi connectivity index (χ1) is 7.85. The molecule has 1 saturated heterocycles. The van der Waals surface area contributed by atoms with Crippen LogP contribution in [0.3, 0.4) is 0 Å². The van der Waals surface area contributed by atoms with Gasteiger partial charge in [-0.05, 0) is 25.5 Å². The second kappa shape index (κ2) is 5.64. The first kappa shape index (κ1) is 11.9. The van der Waals surface area contributed by atoms with Gasteiger partial charge >= 0.3 is 0 Å². The third-order valence-electron chi connectivity index (χ3n) is 3.09. The Hall–Kier alpha value is -0.610. The summed E-state index contributed by atoms with van der Waals surface area (Å²) in [4.78, 5) is 6.72. The molecule has 1 fully saturated rings. The van der Waals surface area contributed by atoms with Gasteiger partial charge in [0.05, 0.1) is 7.11 Å². The third kappa shape index (κ3) is 2.55. The Balaban J connectivity index is 2.08. The molecule has 2 heterocycles. The third-order valence-corrected chi connectivity index (χ3v) is 3.84. The van der Waals surface area contributed by atoms with Crippen molar-refractivity contribution in [1.82, 2.24) is 9.88 Å². The molecule has 2 rings (SSSR count). The molecule has 0 aromatic carbocycles. The van der Waals surface area contributed by atoms with E-state index in [1.165, 1.54) is 24.9 Å². The number of alkyl halides is 1. The number of nitrogens with zero attached hydrogens (tertiary/aromatic N) is 2. The van der Waals surface area contributed by atoms with Crippen molar-refractivity contribution >= 4 is 15.9 Å². The van der Waals surface area contributed by atoms with Gasteiger partial charge in [-0.15, -0.1) is 0 Å². The van der Waals surface area contributed by atoms with E-state index in [9.17, 15) is 0 Å². The van der Waals surface area contributed by atoms with Crippen LogP contribution in [-0.2, 0) is 6.54 Å². The maximum absolute atomic E-state index is 5.28. The van der Waals surface area contributed by atoms with E-state index in [-0.39, 0.29) is 0 Å². The number of halogens is 1. The smallest absolute Gasteiger partial charge is 0.217 e. The zero-order valence-corrected chi connectivity index (χ0v) is 11.1. The summed E-state index contributed by atoms with van der Waals surface area (Å²) in [5.74, 6) is 0.753. The SMILES string of the molecule is COc1ncccc1CN1CCCC1CBr. The van der Waals surface area contributed by atoms with Crippen LogP contribution in [0.25, 0.3) is 0 Å². The van der Waals surface area contributed by atoms with E-state index in [1.54, 1.807) is 13.3 Å². The number of hydrogen-bond acceptors (Lipinski definition) is 3. The Labute approximate surface area is 105 Å². The molecule has 1 atom stereocenters. The van der Waals surface area contributed by atoms with Crippen molar-refractivity contribution in [2.24, 2.45) is 0 Å². The fourth-order valence-corrected chi connectivity index (χ4v) is 2.96. The van der Waals surface area contributed by atoms with Crippen molar-refractivity contribution in [3.8, 4) is 5.88 Å². The molecule has 0 amide bonds. The topological polar surface area (TPSA) is 25.4 Å². The van der Waals surface area contributed by atoms with Crippen LogP contribution < -0.4 is 4.74 Å². The van der Waals surface area contributed by atoms with Gasteiger partial charge in [-0.1, -0.05) is 22.0 Å². The Morgan fingerprint density at radius 3 is 3.25 bits per heavy atom. The Kier molecular flexibility index (Phi) is 4.18. The molecule has 0 N–H and O–H groups in total. The molecule has 88 valence electrons. The average Bonchev–Trinajstić information content (AvgIpc) is 2.77. The van der Waals surface area contributed by atoms with Crippen molar-refractivity contribution in [2.45, 2.75) is 25.4 Å². The maximum atomic E-state index is 5.28. The lowest BCUT2D eigenvalue weighted by Gasteiger charge is -2.23. The van der Waals surface area contributed by atoms with E-state index in [4.69, 9.17) is 4.74 Å². The highest BCUT2D eigenvalue weighted by Crippen LogP contribution is 2.24. The van der Waals surface area contributed by atoms with E-state index in [0.29, 0.717) is 6.04 Å². The number of pyridine rings is 1. The number of likely N-dealkylation sites (tertiary alicyclic amines) is 1. The number of hydrogen-bond donors (Lipinski definition) is 0. The highest BCUT2D eigenvalue weighted by atomic mass is 79.9. The van der Waals surface area contributed by atoms with E-state index in [0.717, 1.165) is 17.8 Å². The Morgan fingerprint density at radius 1 is 1.62 bits per heavy atom. The van der Waals surface area contributed by atoms with Crippen molar-refractivity contribution < 1.29 is 4.74 Å². The summed E-state index contributed by atoms with van der Waals surface area (Å²) in [6.45, 7) is 2.11. The van der Waals surface area contributed by atoms with Gasteiger partial charge < -0.3 is 4.74 Å². The zero-order valence-electron chi connectivity index (χ0n) is 9.53. The zero-order chi connectivity index (χ0) is 11.4. The molecule has 0 radical (unpaired) electrons. The van der Waals surface area contributed by atoms with Gasteiger partial charge in [0, 0.05) is 29.7 Å². The fourth-order valence-electron chi connectivity index (χ4n) is 2.23. The highest BCUT2D eigenvalue weighted by molar-refractivity contribution is 9.09. The minimum atomic E-state index is 0.657. The Bertz CT molecular complexity index is 346. The standard InChI is InChI=1S/C12H17BrN2O/c1-16-12-10(4-2-6-14-12)9-15-7-3-5-11(15)8-13/h2,4,6,11H,3,5,7-9H2,1H3. The highest BCUT2D eigenvalue weighted by Gasteiger charge is 2.24. The second-order valence-corrected chi connectivity index (χ2v) is 4.74. The van der Waals surface area contributed by atoms with Crippen LogP contribution in [0.2, 0.25) is 0 Å². The summed E-state index contributed by atoms with van der Waals surface area (Å²) in [6.07, 6.45) is 4.35. The number of aromatic nitrogens is 1. The number of ether oxygens (including phenoxy) is 1. The molecule has 1 aliphatic heterocycles. The van der Waals surface area contributed by atoms with Crippen LogP contribution in [0.5, 0.6) is 5.88 Å². The van der Waals surface area contributed by atoms with Gasteiger partial charge in [0.2, 0.25) is 5.88 Å². The lowest BCUT2D eigenvalue weighted by Crippen LogP contribution is -2.30. The first-order valence-electron chi connectivity index (χ1n) is 5.63. The summed E-state index contributed by atoms with van der Waals surface area (Å²) in [7, 11) is 1.68. The van der Waals surface area contributed by atoms with Gasteiger partial charge in [0.25, 0.3) is 0 Å². The molecule has 3 nitrogen and oxygen atoms in total. The van der Waals surface area contributed by atoms with Gasteiger partial charge in [-0.25, -0.2) is 4.98 Å². The molecular formula is C12H17BrN2O. The summed E-state index contributed by atoms with van der Waals surface area (Å²) >= 11 is 3.58. The molecule has 1 unspecified atom stereocenters. The maximum Gasteiger partial charge on any atom is 0.217 e. The van der Waals surface area contributed by atoms with Gasteiger partial charge in [-0.2, -0.15) is 0 Å². The minimum absolute atomic E-state index is 0.657. The van der Waals surface area contributed by atoms with E-state index in [1.807, 2.05) is 6.07 Å². The quantitative estimate of drug-likeness (QED) is 0.795. The summed E-state index contributed by atoms with van der Waals surface area (Å²) in [5, 5.41) is 1.05. The number of rotatable bonds is 4. The van der Waals surface area contributed by atoms with E-state index >= 15 is 0 Å². The summed E-state index contributed by atoms with van der Waals surface area (Å²) in [6, 6.07) is 4.72. The van der Waals surface area contributed by atoms with Gasteiger partial charge in [0.15, 0.2) is 0 Å². The lowest BCUT2D eigenvalue weighted by atomic mass is 10.2. The monoisotopic (exact) mass is 284 g/mol. The summed E-state index contributed by atoms with van der Waals surface area (Å²) < 4.78 is 5.28. The molecule has 16 heavy (non-hydrogen) atoms.